The van der Waals surface area contributed by atoms with Gasteiger partial charge < -0.3 is 43.1 Å². The molecular formula is C39H44O12. The van der Waals surface area contributed by atoms with Crippen LogP contribution in [0.1, 0.15) is 88.7 Å². The van der Waals surface area contributed by atoms with Crippen molar-refractivity contribution in [3.8, 4) is 0 Å². The summed E-state index contributed by atoms with van der Waals surface area (Å²) < 4.78 is 44.6. The van der Waals surface area contributed by atoms with E-state index in [9.17, 15) is 24.6 Å². The standard InChI is InChI=1S/C39H44O12/c1-7-21(2)39-49-31-37(44)30(48-29(42)22-11-9-8-10-12-22)33(4)20-35(37,43)34(5,24(33)17-26(40)45-6)36(50-39)15-14-32(3)25(38(31,36)51-39)18-27(41)47-28(32)23-13-16-46-19-23/h8-13,16,18-19,21,24,28,30-31,43-44H,7,14-15,17,20H2,1-6H3/t21?,24-,28-,30+,31+,32+,33+,34-,35+,36-,37-,38+,39?/m0/s1. The molecule has 9 rings (SSSR count). The van der Waals surface area contributed by atoms with Gasteiger partial charge in [0.05, 0.1) is 25.2 Å². The van der Waals surface area contributed by atoms with Crippen molar-refractivity contribution in [1.29, 1.82) is 0 Å². The highest BCUT2D eigenvalue weighted by Crippen LogP contribution is 2.88. The van der Waals surface area contributed by atoms with Crippen LogP contribution in [0.3, 0.4) is 0 Å². The number of furan rings is 1. The summed E-state index contributed by atoms with van der Waals surface area (Å²) in [5.74, 6) is -4.70. The Labute approximate surface area is 295 Å². The molecule has 4 heterocycles. The molecule has 272 valence electrons. The van der Waals surface area contributed by atoms with Crippen molar-refractivity contribution in [2.24, 2.45) is 28.1 Å². The Morgan fingerprint density at radius 2 is 1.80 bits per heavy atom. The van der Waals surface area contributed by atoms with Gasteiger partial charge in [0.15, 0.2) is 11.2 Å². The fourth-order valence-corrected chi connectivity index (χ4v) is 12.4. The van der Waals surface area contributed by atoms with Crippen LogP contribution in [-0.4, -0.2) is 75.8 Å². The minimum Gasteiger partial charge on any atom is -0.472 e. The number of carbonyl (C=O) groups excluding carboxylic acids is 3. The summed E-state index contributed by atoms with van der Waals surface area (Å²) >= 11 is 0. The Morgan fingerprint density at radius 3 is 2.47 bits per heavy atom. The maximum atomic E-state index is 14.0. The zero-order chi connectivity index (χ0) is 36.2. The third-order valence-corrected chi connectivity index (χ3v) is 14.7. The number of aliphatic hydroxyl groups is 2. The molecule has 0 radical (unpaired) electrons. The zero-order valence-electron chi connectivity index (χ0n) is 29.6. The van der Waals surface area contributed by atoms with Crippen molar-refractivity contribution in [1.82, 2.24) is 0 Å². The largest absolute Gasteiger partial charge is 0.472 e. The van der Waals surface area contributed by atoms with E-state index in [2.05, 4.69) is 0 Å². The number of hydrogen-bond acceptors (Lipinski definition) is 12. The molecule has 51 heavy (non-hydrogen) atoms. The van der Waals surface area contributed by atoms with Crippen LogP contribution in [0.5, 0.6) is 0 Å². The van der Waals surface area contributed by atoms with Gasteiger partial charge in [-0.15, -0.1) is 0 Å². The van der Waals surface area contributed by atoms with Gasteiger partial charge in [0.25, 0.3) is 5.97 Å². The first-order valence-corrected chi connectivity index (χ1v) is 17.9. The first-order chi connectivity index (χ1) is 24.1. The predicted octanol–water partition coefficient (Wildman–Crippen LogP) is 4.54. The smallest absolute Gasteiger partial charge is 0.338 e. The summed E-state index contributed by atoms with van der Waals surface area (Å²) in [6, 6.07) is 10.2. The van der Waals surface area contributed by atoms with Crippen molar-refractivity contribution < 1.29 is 57.4 Å². The van der Waals surface area contributed by atoms with Crippen LogP contribution < -0.4 is 0 Å². The number of cyclic esters (lactones) is 1. The molecule has 2 saturated heterocycles. The zero-order valence-corrected chi connectivity index (χ0v) is 29.6. The third kappa shape index (κ3) is 3.35. The molecule has 0 amide bonds. The van der Waals surface area contributed by atoms with Crippen LogP contribution in [0.2, 0.25) is 0 Å². The van der Waals surface area contributed by atoms with Crippen LogP contribution in [-0.2, 0) is 38.0 Å². The minimum atomic E-state index is -2.30. The molecule has 4 bridgehead atoms. The van der Waals surface area contributed by atoms with Crippen molar-refractivity contribution in [3.05, 3.63) is 71.7 Å². The maximum absolute atomic E-state index is 14.0. The van der Waals surface area contributed by atoms with E-state index in [4.69, 9.17) is 32.8 Å². The summed E-state index contributed by atoms with van der Waals surface area (Å²) in [6.45, 7) is 9.59. The van der Waals surface area contributed by atoms with Crippen LogP contribution in [0.15, 0.2) is 65.0 Å². The van der Waals surface area contributed by atoms with E-state index in [0.29, 0.717) is 30.4 Å². The van der Waals surface area contributed by atoms with Crippen LogP contribution in [0, 0.1) is 28.1 Å². The van der Waals surface area contributed by atoms with Crippen LogP contribution >= 0.6 is 0 Å². The van der Waals surface area contributed by atoms with Gasteiger partial charge in [-0.2, -0.15) is 0 Å². The number of rotatable bonds is 7. The molecular weight excluding hydrogens is 660 g/mol. The summed E-state index contributed by atoms with van der Waals surface area (Å²) in [6.07, 6.45) is 2.03. The van der Waals surface area contributed by atoms with E-state index >= 15 is 0 Å². The fraction of sp³-hybridized carbons (Fsp3) is 0.615. The molecule has 4 saturated carbocycles. The summed E-state index contributed by atoms with van der Waals surface area (Å²) in [4.78, 5) is 41.1. The molecule has 12 heteroatoms. The molecule has 2 unspecified atom stereocenters. The van der Waals surface area contributed by atoms with E-state index < -0.39 is 86.8 Å². The number of esters is 3. The first kappa shape index (κ1) is 33.3. The van der Waals surface area contributed by atoms with Crippen LogP contribution in [0.25, 0.3) is 0 Å². The number of benzene rings is 1. The Bertz CT molecular complexity index is 1880. The molecule has 4 aliphatic carbocycles. The first-order valence-electron chi connectivity index (χ1n) is 17.9. The molecule has 1 aromatic heterocycles. The van der Waals surface area contributed by atoms with Crippen molar-refractivity contribution in [2.45, 2.75) is 113 Å². The van der Waals surface area contributed by atoms with Crippen molar-refractivity contribution >= 4 is 17.9 Å². The quantitative estimate of drug-likeness (QED) is 0.307. The topological polar surface area (TPSA) is 160 Å². The van der Waals surface area contributed by atoms with Gasteiger partial charge in [-0.3, -0.25) is 4.79 Å². The Kier molecular flexibility index (Phi) is 6.46. The van der Waals surface area contributed by atoms with Crippen LogP contribution in [0.4, 0.5) is 0 Å². The Morgan fingerprint density at radius 1 is 1.06 bits per heavy atom. The van der Waals surface area contributed by atoms with E-state index in [-0.39, 0.29) is 24.3 Å². The molecule has 6 fully saturated rings. The lowest BCUT2D eigenvalue weighted by atomic mass is 9.35. The average molecular weight is 705 g/mol. The number of fused-ring (bicyclic) bond motifs is 4. The second kappa shape index (κ2) is 9.90. The Balaban J connectivity index is 1.33. The van der Waals surface area contributed by atoms with Gasteiger partial charge in [-0.25, -0.2) is 9.59 Å². The summed E-state index contributed by atoms with van der Waals surface area (Å²) in [7, 11) is 1.30. The SMILES string of the molecule is CCC(C)C12O[C@@H]3[C@@]4(O)[C@H](OC(=O)c5ccccc5)[C@]5(C)C[C@@]4(O)[C@](C)([C@H]5CC(=O)OC)[C@]4(CC[C@]5(C)C(=CC(=O)O[C@H]5c5ccoc5)[C@@]34O1)O2. The molecule has 2 aromatic rings. The molecule has 1 aromatic carbocycles. The molecule has 3 aliphatic heterocycles. The van der Waals surface area contributed by atoms with Gasteiger partial charge >= 0.3 is 17.9 Å². The molecule has 13 atom stereocenters. The molecule has 2 N–H and O–H groups in total. The predicted molar refractivity (Wildman–Crippen MR) is 174 cm³/mol. The highest BCUT2D eigenvalue weighted by atomic mass is 17.0. The second-order valence-corrected chi connectivity index (χ2v) is 16.6. The summed E-state index contributed by atoms with van der Waals surface area (Å²) in [5.41, 5.74) is -9.56. The van der Waals surface area contributed by atoms with E-state index in [1.807, 2.05) is 34.6 Å². The highest BCUT2D eigenvalue weighted by molar-refractivity contribution is 5.90. The maximum Gasteiger partial charge on any atom is 0.338 e. The van der Waals surface area contributed by atoms with Gasteiger partial charge in [-0.05, 0) is 55.4 Å². The minimum absolute atomic E-state index is 0.0330. The van der Waals surface area contributed by atoms with E-state index in [1.54, 1.807) is 42.7 Å². The molecule has 7 aliphatic rings. The van der Waals surface area contributed by atoms with Gasteiger partial charge in [-0.1, -0.05) is 52.8 Å². The third-order valence-electron chi connectivity index (χ3n) is 14.7. The fourth-order valence-electron chi connectivity index (χ4n) is 12.4. The van der Waals surface area contributed by atoms with Crippen molar-refractivity contribution in [3.63, 3.8) is 0 Å². The lowest BCUT2D eigenvalue weighted by Crippen LogP contribution is -2.92. The Hall–Kier alpha value is -3.55. The second-order valence-electron chi connectivity index (χ2n) is 16.6. The number of methoxy groups -OCH3 is 1. The molecule has 12 nitrogen and oxygen atoms in total. The van der Waals surface area contributed by atoms with E-state index in [0.717, 1.165) is 0 Å². The van der Waals surface area contributed by atoms with Gasteiger partial charge in [0.2, 0.25) is 0 Å². The number of ether oxygens (including phenoxy) is 6. The number of hydrogen-bond donors (Lipinski definition) is 2. The monoisotopic (exact) mass is 704 g/mol. The highest BCUT2D eigenvalue weighted by Gasteiger charge is 3.02. The lowest BCUT2D eigenvalue weighted by Gasteiger charge is -2.75. The molecule has 1 spiro atoms. The summed E-state index contributed by atoms with van der Waals surface area (Å²) in [5, 5.41) is 27.2. The van der Waals surface area contributed by atoms with Gasteiger partial charge in [0.1, 0.15) is 29.5 Å². The lowest BCUT2D eigenvalue weighted by molar-refractivity contribution is -0.455. The van der Waals surface area contributed by atoms with Gasteiger partial charge in [0, 0.05) is 40.2 Å². The normalized spacial score (nSPS) is 48.7. The number of carbonyl (C=O) groups is 3. The average Bonchev–Trinajstić information content (AvgIpc) is 3.91. The van der Waals surface area contributed by atoms with E-state index in [1.165, 1.54) is 19.4 Å². The van der Waals surface area contributed by atoms with Crippen molar-refractivity contribution in [2.75, 3.05) is 7.11 Å².